The number of thiazole rings is 1. The van der Waals surface area contributed by atoms with Crippen molar-refractivity contribution in [3.8, 4) is 11.3 Å². The van der Waals surface area contributed by atoms with Gasteiger partial charge in [0.25, 0.3) is 5.91 Å². The summed E-state index contributed by atoms with van der Waals surface area (Å²) in [6, 6.07) is 12.8. The number of halogens is 1. The van der Waals surface area contributed by atoms with Crippen LogP contribution >= 0.6 is 11.3 Å². The molecule has 2 aromatic carbocycles. The number of anilines is 2. The normalized spacial score (nSPS) is 10.4. The molecule has 0 aliphatic carbocycles. The summed E-state index contributed by atoms with van der Waals surface area (Å²) in [6.45, 7) is 0. The SMILES string of the molecule is Nc1nc(-c2ccccc2NC(=O)c2cccc(F)c2)cs1. The van der Waals surface area contributed by atoms with Gasteiger partial charge in [-0.05, 0) is 24.3 Å². The van der Waals surface area contributed by atoms with E-state index < -0.39 is 5.82 Å². The summed E-state index contributed by atoms with van der Waals surface area (Å²) in [5.41, 5.74) is 7.97. The summed E-state index contributed by atoms with van der Waals surface area (Å²) in [4.78, 5) is 16.5. The van der Waals surface area contributed by atoms with Gasteiger partial charge in [0.15, 0.2) is 5.13 Å². The molecule has 0 fully saturated rings. The average molecular weight is 313 g/mol. The van der Waals surface area contributed by atoms with Crippen molar-refractivity contribution in [2.45, 2.75) is 0 Å². The number of nitrogens with two attached hydrogens (primary N) is 1. The van der Waals surface area contributed by atoms with E-state index >= 15 is 0 Å². The van der Waals surface area contributed by atoms with Gasteiger partial charge in [0.1, 0.15) is 5.82 Å². The van der Waals surface area contributed by atoms with Gasteiger partial charge in [-0.15, -0.1) is 11.3 Å². The monoisotopic (exact) mass is 313 g/mol. The Morgan fingerprint density at radius 1 is 1.18 bits per heavy atom. The standard InChI is InChI=1S/C16H12FN3OS/c17-11-5-3-4-10(8-11)15(21)19-13-7-2-1-6-12(13)14-9-22-16(18)20-14/h1-9H,(H2,18,20)(H,19,21). The van der Waals surface area contributed by atoms with Crippen molar-refractivity contribution in [2.75, 3.05) is 11.1 Å². The number of para-hydroxylation sites is 1. The molecule has 3 N–H and O–H groups in total. The van der Waals surface area contributed by atoms with E-state index in [2.05, 4.69) is 10.3 Å². The van der Waals surface area contributed by atoms with Crippen LogP contribution in [0.2, 0.25) is 0 Å². The fraction of sp³-hybridized carbons (Fsp3) is 0. The summed E-state index contributed by atoms with van der Waals surface area (Å²) in [6.07, 6.45) is 0. The molecule has 0 atom stereocenters. The third kappa shape index (κ3) is 2.96. The number of carbonyl (C=O) groups excluding carboxylic acids is 1. The van der Waals surface area contributed by atoms with Crippen molar-refractivity contribution in [3.05, 3.63) is 65.3 Å². The molecule has 0 radical (unpaired) electrons. The Morgan fingerprint density at radius 2 is 2.00 bits per heavy atom. The first kappa shape index (κ1) is 14.2. The Bertz CT molecular complexity index is 832. The third-order valence-electron chi connectivity index (χ3n) is 3.06. The Hall–Kier alpha value is -2.73. The topological polar surface area (TPSA) is 68.0 Å². The molecule has 0 saturated carbocycles. The number of nitrogen functional groups attached to an aromatic ring is 1. The zero-order valence-corrected chi connectivity index (χ0v) is 12.2. The largest absolute Gasteiger partial charge is 0.375 e. The molecule has 0 saturated heterocycles. The van der Waals surface area contributed by atoms with Crippen LogP contribution < -0.4 is 11.1 Å². The van der Waals surface area contributed by atoms with Crippen LogP contribution in [-0.4, -0.2) is 10.9 Å². The first-order valence-corrected chi connectivity index (χ1v) is 7.39. The van der Waals surface area contributed by atoms with Gasteiger partial charge in [-0.25, -0.2) is 9.37 Å². The van der Waals surface area contributed by atoms with Gasteiger partial charge in [0.05, 0.1) is 11.4 Å². The molecule has 6 heteroatoms. The van der Waals surface area contributed by atoms with Crippen LogP contribution in [0, 0.1) is 5.82 Å². The van der Waals surface area contributed by atoms with E-state index in [0.717, 1.165) is 5.56 Å². The highest BCUT2D eigenvalue weighted by molar-refractivity contribution is 7.13. The lowest BCUT2D eigenvalue weighted by Gasteiger charge is -2.09. The van der Waals surface area contributed by atoms with Gasteiger partial charge in [-0.3, -0.25) is 4.79 Å². The zero-order chi connectivity index (χ0) is 15.5. The van der Waals surface area contributed by atoms with Crippen molar-refractivity contribution >= 4 is 28.1 Å². The van der Waals surface area contributed by atoms with Crippen LogP contribution in [0.1, 0.15) is 10.4 Å². The van der Waals surface area contributed by atoms with Crippen LogP contribution in [0.15, 0.2) is 53.9 Å². The summed E-state index contributed by atoms with van der Waals surface area (Å²) in [5.74, 6) is -0.830. The van der Waals surface area contributed by atoms with Crippen LogP contribution in [0.5, 0.6) is 0 Å². The predicted octanol–water partition coefficient (Wildman–Crippen LogP) is 3.78. The third-order valence-corrected chi connectivity index (χ3v) is 3.73. The molecule has 0 aliphatic rings. The summed E-state index contributed by atoms with van der Waals surface area (Å²) in [7, 11) is 0. The molecule has 110 valence electrons. The van der Waals surface area contributed by atoms with Crippen LogP contribution in [0.4, 0.5) is 15.2 Å². The van der Waals surface area contributed by atoms with E-state index in [1.165, 1.54) is 29.5 Å². The number of carbonyl (C=O) groups is 1. The lowest BCUT2D eigenvalue weighted by atomic mass is 10.1. The van der Waals surface area contributed by atoms with E-state index in [0.29, 0.717) is 16.5 Å². The van der Waals surface area contributed by atoms with Gasteiger partial charge in [-0.2, -0.15) is 0 Å². The molecule has 1 aromatic heterocycles. The zero-order valence-electron chi connectivity index (χ0n) is 11.4. The van der Waals surface area contributed by atoms with Gasteiger partial charge in [0.2, 0.25) is 0 Å². The lowest BCUT2D eigenvalue weighted by Crippen LogP contribution is -2.12. The Morgan fingerprint density at radius 3 is 2.73 bits per heavy atom. The van der Waals surface area contributed by atoms with Crippen LogP contribution in [0.25, 0.3) is 11.3 Å². The Balaban J connectivity index is 1.91. The molecule has 3 aromatic rings. The maximum Gasteiger partial charge on any atom is 0.255 e. The van der Waals surface area contributed by atoms with Crippen LogP contribution in [-0.2, 0) is 0 Å². The highest BCUT2D eigenvalue weighted by Gasteiger charge is 2.12. The van der Waals surface area contributed by atoms with E-state index in [1.807, 2.05) is 17.5 Å². The molecule has 0 unspecified atom stereocenters. The molecule has 1 heterocycles. The van der Waals surface area contributed by atoms with Crippen molar-refractivity contribution < 1.29 is 9.18 Å². The Labute approximate surface area is 130 Å². The molecule has 0 bridgehead atoms. The predicted molar refractivity (Wildman–Crippen MR) is 86.3 cm³/mol. The maximum atomic E-state index is 13.2. The van der Waals surface area contributed by atoms with Gasteiger partial charge >= 0.3 is 0 Å². The number of nitrogens with zero attached hydrogens (tertiary/aromatic N) is 1. The number of nitrogens with one attached hydrogen (secondary N) is 1. The van der Waals surface area contributed by atoms with Crippen molar-refractivity contribution in [1.82, 2.24) is 4.98 Å². The smallest absolute Gasteiger partial charge is 0.255 e. The number of benzene rings is 2. The molecular formula is C16H12FN3OS. The van der Waals surface area contributed by atoms with Crippen molar-refractivity contribution in [3.63, 3.8) is 0 Å². The number of aromatic nitrogens is 1. The molecule has 3 rings (SSSR count). The fourth-order valence-corrected chi connectivity index (χ4v) is 2.61. The molecule has 0 spiro atoms. The van der Waals surface area contributed by atoms with Crippen LogP contribution in [0.3, 0.4) is 0 Å². The fourth-order valence-electron chi connectivity index (χ4n) is 2.05. The summed E-state index contributed by atoms with van der Waals surface area (Å²) >= 11 is 1.33. The second kappa shape index (κ2) is 5.95. The maximum absolute atomic E-state index is 13.2. The highest BCUT2D eigenvalue weighted by Crippen LogP contribution is 2.29. The highest BCUT2D eigenvalue weighted by atomic mass is 32.1. The van der Waals surface area contributed by atoms with Gasteiger partial charge in [0, 0.05) is 16.5 Å². The molecule has 22 heavy (non-hydrogen) atoms. The van der Waals surface area contributed by atoms with Gasteiger partial charge < -0.3 is 11.1 Å². The lowest BCUT2D eigenvalue weighted by molar-refractivity contribution is 0.102. The number of hydrogen-bond donors (Lipinski definition) is 2. The second-order valence-electron chi connectivity index (χ2n) is 4.58. The number of amides is 1. The summed E-state index contributed by atoms with van der Waals surface area (Å²) in [5, 5.41) is 5.06. The molecule has 1 amide bonds. The first-order valence-electron chi connectivity index (χ1n) is 6.51. The first-order chi connectivity index (χ1) is 10.6. The molecular weight excluding hydrogens is 301 g/mol. The minimum absolute atomic E-state index is 0.257. The van der Waals surface area contributed by atoms with Gasteiger partial charge in [-0.1, -0.05) is 24.3 Å². The average Bonchev–Trinajstić information content (AvgIpc) is 2.94. The Kier molecular flexibility index (Phi) is 3.84. The molecule has 4 nitrogen and oxygen atoms in total. The van der Waals surface area contributed by atoms with E-state index in [1.54, 1.807) is 18.2 Å². The number of rotatable bonds is 3. The minimum Gasteiger partial charge on any atom is -0.375 e. The second-order valence-corrected chi connectivity index (χ2v) is 5.47. The number of hydrogen-bond acceptors (Lipinski definition) is 4. The quantitative estimate of drug-likeness (QED) is 0.773. The van der Waals surface area contributed by atoms with Crippen molar-refractivity contribution in [1.29, 1.82) is 0 Å². The summed E-state index contributed by atoms with van der Waals surface area (Å²) < 4.78 is 13.2. The van der Waals surface area contributed by atoms with E-state index in [9.17, 15) is 9.18 Å². The minimum atomic E-state index is -0.451. The van der Waals surface area contributed by atoms with E-state index in [-0.39, 0.29) is 11.5 Å². The van der Waals surface area contributed by atoms with Crippen molar-refractivity contribution in [2.24, 2.45) is 0 Å². The molecule has 0 aliphatic heterocycles. The van der Waals surface area contributed by atoms with E-state index in [4.69, 9.17) is 5.73 Å².